The lowest BCUT2D eigenvalue weighted by molar-refractivity contribution is -0.124. The van der Waals surface area contributed by atoms with Crippen LogP contribution in [-0.2, 0) is 11.2 Å². The number of hydrogen-bond donors (Lipinski definition) is 2. The Morgan fingerprint density at radius 3 is 2.95 bits per heavy atom. The van der Waals surface area contributed by atoms with Crippen LogP contribution in [-0.4, -0.2) is 25.5 Å². The van der Waals surface area contributed by atoms with E-state index in [1.807, 2.05) is 13.0 Å². The van der Waals surface area contributed by atoms with Crippen molar-refractivity contribution in [2.45, 2.75) is 26.2 Å². The predicted octanol–water partition coefficient (Wildman–Crippen LogP) is 2.43. The van der Waals surface area contributed by atoms with Crippen LogP contribution in [0.2, 0.25) is 0 Å². The standard InChI is InChI=1S/C17H23FN2O/c1-13(6-7-15-4-2-3-5-16(15)18)17(21)20-12-14-8-10-19-11-9-14/h2-5,8,13,19H,6-7,9-12H2,1H3,(H,20,21). The van der Waals surface area contributed by atoms with Gasteiger partial charge in [-0.2, -0.15) is 0 Å². The minimum atomic E-state index is -0.190. The molecule has 0 radical (unpaired) electrons. The second-order valence-electron chi connectivity index (χ2n) is 5.57. The Labute approximate surface area is 125 Å². The molecular weight excluding hydrogens is 267 g/mol. The lowest BCUT2D eigenvalue weighted by atomic mass is 10.00. The van der Waals surface area contributed by atoms with Gasteiger partial charge >= 0.3 is 0 Å². The summed E-state index contributed by atoms with van der Waals surface area (Å²) in [6, 6.07) is 6.75. The fourth-order valence-electron chi connectivity index (χ4n) is 2.41. The highest BCUT2D eigenvalue weighted by molar-refractivity contribution is 5.78. The molecule has 4 heteroatoms. The SMILES string of the molecule is CC(CCc1ccccc1F)C(=O)NCC1=CCNCC1. The van der Waals surface area contributed by atoms with Crippen molar-refractivity contribution in [3.8, 4) is 0 Å². The molecule has 1 aliphatic heterocycles. The van der Waals surface area contributed by atoms with E-state index in [-0.39, 0.29) is 17.6 Å². The van der Waals surface area contributed by atoms with E-state index in [0.29, 0.717) is 24.9 Å². The number of halogens is 1. The smallest absolute Gasteiger partial charge is 0.223 e. The van der Waals surface area contributed by atoms with E-state index >= 15 is 0 Å². The van der Waals surface area contributed by atoms with Gasteiger partial charge in [0.25, 0.3) is 0 Å². The van der Waals surface area contributed by atoms with Crippen LogP contribution in [0.15, 0.2) is 35.9 Å². The lowest BCUT2D eigenvalue weighted by Gasteiger charge is -2.16. The first-order valence-corrected chi connectivity index (χ1v) is 7.56. The van der Waals surface area contributed by atoms with E-state index in [2.05, 4.69) is 16.7 Å². The fraction of sp³-hybridized carbons (Fsp3) is 0.471. The fourth-order valence-corrected chi connectivity index (χ4v) is 2.41. The van der Waals surface area contributed by atoms with Crippen molar-refractivity contribution in [2.24, 2.45) is 5.92 Å². The summed E-state index contributed by atoms with van der Waals surface area (Å²) in [5, 5.41) is 6.22. The van der Waals surface area contributed by atoms with Gasteiger partial charge < -0.3 is 10.6 Å². The minimum Gasteiger partial charge on any atom is -0.352 e. The van der Waals surface area contributed by atoms with Gasteiger partial charge in [0.15, 0.2) is 0 Å². The molecule has 1 aliphatic rings. The van der Waals surface area contributed by atoms with Gasteiger partial charge in [-0.3, -0.25) is 4.79 Å². The minimum absolute atomic E-state index is 0.0470. The van der Waals surface area contributed by atoms with Crippen LogP contribution in [0.25, 0.3) is 0 Å². The molecule has 0 saturated carbocycles. The third-order valence-corrected chi connectivity index (χ3v) is 3.90. The van der Waals surface area contributed by atoms with Gasteiger partial charge in [-0.05, 0) is 37.4 Å². The Kier molecular flexibility index (Phi) is 5.93. The second-order valence-corrected chi connectivity index (χ2v) is 5.57. The van der Waals surface area contributed by atoms with Crippen LogP contribution in [0.4, 0.5) is 4.39 Å². The van der Waals surface area contributed by atoms with Crippen LogP contribution >= 0.6 is 0 Å². The molecule has 114 valence electrons. The van der Waals surface area contributed by atoms with Crippen molar-refractivity contribution < 1.29 is 9.18 Å². The first-order valence-electron chi connectivity index (χ1n) is 7.56. The number of carbonyl (C=O) groups is 1. The third-order valence-electron chi connectivity index (χ3n) is 3.90. The first kappa shape index (κ1) is 15.7. The van der Waals surface area contributed by atoms with E-state index in [9.17, 15) is 9.18 Å². The molecular formula is C17H23FN2O. The van der Waals surface area contributed by atoms with E-state index in [4.69, 9.17) is 0 Å². The number of benzene rings is 1. The van der Waals surface area contributed by atoms with Gasteiger partial charge in [-0.15, -0.1) is 0 Å². The molecule has 0 saturated heterocycles. The van der Waals surface area contributed by atoms with Crippen LogP contribution in [0.1, 0.15) is 25.3 Å². The zero-order chi connectivity index (χ0) is 15.1. The zero-order valence-electron chi connectivity index (χ0n) is 12.5. The quantitative estimate of drug-likeness (QED) is 0.790. The summed E-state index contributed by atoms with van der Waals surface area (Å²) in [5.74, 6) is -0.248. The summed E-state index contributed by atoms with van der Waals surface area (Å²) in [6.45, 7) is 4.39. The highest BCUT2D eigenvalue weighted by Gasteiger charge is 2.14. The lowest BCUT2D eigenvalue weighted by Crippen LogP contribution is -2.33. The molecule has 1 heterocycles. The first-order chi connectivity index (χ1) is 10.2. The van der Waals surface area contributed by atoms with Crippen molar-refractivity contribution in [2.75, 3.05) is 19.6 Å². The van der Waals surface area contributed by atoms with Crippen molar-refractivity contribution in [3.63, 3.8) is 0 Å². The average molecular weight is 290 g/mol. The number of rotatable bonds is 6. The molecule has 0 spiro atoms. The van der Waals surface area contributed by atoms with E-state index < -0.39 is 0 Å². The van der Waals surface area contributed by atoms with Crippen LogP contribution in [0, 0.1) is 11.7 Å². The summed E-state index contributed by atoms with van der Waals surface area (Å²) in [7, 11) is 0. The summed E-state index contributed by atoms with van der Waals surface area (Å²) in [4.78, 5) is 12.0. The third kappa shape index (κ3) is 4.97. The molecule has 0 aromatic heterocycles. The molecule has 2 N–H and O–H groups in total. The maximum atomic E-state index is 13.5. The molecule has 1 amide bonds. The largest absolute Gasteiger partial charge is 0.352 e. The maximum absolute atomic E-state index is 13.5. The number of carbonyl (C=O) groups excluding carboxylic acids is 1. The van der Waals surface area contributed by atoms with Gasteiger partial charge in [0.05, 0.1) is 0 Å². The molecule has 3 nitrogen and oxygen atoms in total. The molecule has 0 bridgehead atoms. The number of nitrogens with one attached hydrogen (secondary N) is 2. The molecule has 1 aromatic rings. The molecule has 21 heavy (non-hydrogen) atoms. The van der Waals surface area contributed by atoms with Crippen molar-refractivity contribution in [1.29, 1.82) is 0 Å². The molecule has 0 fully saturated rings. The second kappa shape index (κ2) is 7.93. The molecule has 0 aliphatic carbocycles. The topological polar surface area (TPSA) is 41.1 Å². The molecule has 1 aromatic carbocycles. The maximum Gasteiger partial charge on any atom is 0.223 e. The normalized spacial score (nSPS) is 16.2. The van der Waals surface area contributed by atoms with Crippen LogP contribution in [0.5, 0.6) is 0 Å². The average Bonchev–Trinajstić information content (AvgIpc) is 2.52. The summed E-state index contributed by atoms with van der Waals surface area (Å²) in [5.41, 5.74) is 1.96. The van der Waals surface area contributed by atoms with E-state index in [1.54, 1.807) is 12.1 Å². The molecule has 2 rings (SSSR count). The Hall–Kier alpha value is -1.68. The molecule has 1 atom stereocenters. The van der Waals surface area contributed by atoms with Gasteiger partial charge in [-0.25, -0.2) is 4.39 Å². The van der Waals surface area contributed by atoms with Gasteiger partial charge in [-0.1, -0.05) is 36.8 Å². The predicted molar refractivity (Wildman–Crippen MR) is 82.5 cm³/mol. The van der Waals surface area contributed by atoms with Crippen molar-refractivity contribution in [3.05, 3.63) is 47.3 Å². The van der Waals surface area contributed by atoms with Gasteiger partial charge in [0.2, 0.25) is 5.91 Å². The Balaban J connectivity index is 1.74. The molecule has 1 unspecified atom stereocenters. The number of amides is 1. The van der Waals surface area contributed by atoms with Crippen molar-refractivity contribution >= 4 is 5.91 Å². The number of aryl methyl sites for hydroxylation is 1. The Morgan fingerprint density at radius 2 is 2.24 bits per heavy atom. The number of hydrogen-bond acceptors (Lipinski definition) is 2. The van der Waals surface area contributed by atoms with E-state index in [1.165, 1.54) is 11.6 Å². The monoisotopic (exact) mass is 290 g/mol. The van der Waals surface area contributed by atoms with Crippen LogP contribution < -0.4 is 10.6 Å². The zero-order valence-corrected chi connectivity index (χ0v) is 12.5. The van der Waals surface area contributed by atoms with Gasteiger partial charge in [0.1, 0.15) is 5.82 Å². The summed E-state index contributed by atoms with van der Waals surface area (Å²) >= 11 is 0. The summed E-state index contributed by atoms with van der Waals surface area (Å²) < 4.78 is 13.5. The highest BCUT2D eigenvalue weighted by Crippen LogP contribution is 2.13. The summed E-state index contributed by atoms with van der Waals surface area (Å²) in [6.07, 6.45) is 4.37. The van der Waals surface area contributed by atoms with E-state index in [0.717, 1.165) is 19.5 Å². The highest BCUT2D eigenvalue weighted by atomic mass is 19.1. The van der Waals surface area contributed by atoms with Crippen LogP contribution in [0.3, 0.4) is 0 Å². The Morgan fingerprint density at radius 1 is 1.43 bits per heavy atom. The van der Waals surface area contributed by atoms with Crippen molar-refractivity contribution in [1.82, 2.24) is 10.6 Å². The Bertz CT molecular complexity index is 513. The van der Waals surface area contributed by atoms with Gasteiger partial charge in [0, 0.05) is 19.0 Å².